The van der Waals surface area contributed by atoms with Crippen LogP contribution in [-0.4, -0.2) is 27.6 Å². The Labute approximate surface area is 111 Å². The van der Waals surface area contributed by atoms with Gasteiger partial charge < -0.3 is 11.1 Å². The Morgan fingerprint density at radius 1 is 1.26 bits per heavy atom. The molecule has 19 heavy (non-hydrogen) atoms. The number of nitrogens with zero attached hydrogens (tertiary/aromatic N) is 2. The predicted octanol–water partition coefficient (Wildman–Crippen LogP) is 0.165. The van der Waals surface area contributed by atoms with Crippen LogP contribution in [0.3, 0.4) is 0 Å². The van der Waals surface area contributed by atoms with E-state index in [1.165, 1.54) is 6.33 Å². The molecule has 0 aliphatic carbocycles. The van der Waals surface area contributed by atoms with Gasteiger partial charge in [0.2, 0.25) is 5.91 Å². The molecule has 0 saturated carbocycles. The van der Waals surface area contributed by atoms with Gasteiger partial charge in [-0.3, -0.25) is 9.89 Å². The van der Waals surface area contributed by atoms with Crippen LogP contribution in [0.1, 0.15) is 17.0 Å². The molecule has 0 saturated heterocycles. The zero-order chi connectivity index (χ0) is 13.5. The van der Waals surface area contributed by atoms with Gasteiger partial charge in [0, 0.05) is 19.5 Å². The quantitative estimate of drug-likeness (QED) is 0.688. The van der Waals surface area contributed by atoms with Gasteiger partial charge in [-0.1, -0.05) is 24.3 Å². The van der Waals surface area contributed by atoms with Crippen LogP contribution in [-0.2, 0) is 24.2 Å². The first-order valence-electron chi connectivity index (χ1n) is 6.17. The number of aromatic amines is 1. The maximum Gasteiger partial charge on any atom is 0.224 e. The van der Waals surface area contributed by atoms with Gasteiger partial charge >= 0.3 is 0 Å². The van der Waals surface area contributed by atoms with E-state index in [-0.39, 0.29) is 5.91 Å². The van der Waals surface area contributed by atoms with Gasteiger partial charge in [-0.15, -0.1) is 0 Å². The van der Waals surface area contributed by atoms with E-state index in [4.69, 9.17) is 5.73 Å². The van der Waals surface area contributed by atoms with E-state index in [1.807, 2.05) is 24.3 Å². The van der Waals surface area contributed by atoms with Crippen molar-refractivity contribution in [3.05, 3.63) is 47.5 Å². The zero-order valence-corrected chi connectivity index (χ0v) is 10.6. The minimum Gasteiger partial charge on any atom is -0.355 e. The normalized spacial score (nSPS) is 10.4. The maximum absolute atomic E-state index is 11.7. The van der Waals surface area contributed by atoms with E-state index in [1.54, 1.807) is 0 Å². The molecule has 0 atom stereocenters. The van der Waals surface area contributed by atoms with E-state index in [2.05, 4.69) is 20.5 Å². The summed E-state index contributed by atoms with van der Waals surface area (Å²) in [6.07, 6.45) is 2.48. The van der Waals surface area contributed by atoms with E-state index in [9.17, 15) is 4.79 Å². The lowest BCUT2D eigenvalue weighted by Crippen LogP contribution is -2.27. The van der Waals surface area contributed by atoms with Gasteiger partial charge in [-0.05, 0) is 11.1 Å². The number of hydrogen-bond acceptors (Lipinski definition) is 4. The fourth-order valence-electron chi connectivity index (χ4n) is 1.71. The number of amides is 1. The summed E-state index contributed by atoms with van der Waals surface area (Å²) in [5, 5.41) is 9.34. The predicted molar refractivity (Wildman–Crippen MR) is 71.1 cm³/mol. The van der Waals surface area contributed by atoms with Crippen molar-refractivity contribution in [3.8, 4) is 0 Å². The average Bonchev–Trinajstić information content (AvgIpc) is 2.93. The van der Waals surface area contributed by atoms with Crippen molar-refractivity contribution in [1.82, 2.24) is 20.5 Å². The van der Waals surface area contributed by atoms with Crippen LogP contribution in [0.5, 0.6) is 0 Å². The van der Waals surface area contributed by atoms with Gasteiger partial charge in [-0.25, -0.2) is 4.98 Å². The summed E-state index contributed by atoms with van der Waals surface area (Å²) in [6.45, 7) is 1.07. The van der Waals surface area contributed by atoms with E-state index in [0.717, 1.165) is 17.0 Å². The smallest absolute Gasteiger partial charge is 0.224 e. The Bertz CT molecular complexity index is 506. The van der Waals surface area contributed by atoms with Crippen molar-refractivity contribution < 1.29 is 4.79 Å². The number of benzene rings is 1. The highest BCUT2D eigenvalue weighted by Crippen LogP contribution is 2.04. The third kappa shape index (κ3) is 4.18. The third-order valence-corrected chi connectivity index (χ3v) is 2.77. The summed E-state index contributed by atoms with van der Waals surface area (Å²) in [5.41, 5.74) is 7.57. The Hall–Kier alpha value is -2.21. The molecule has 0 unspecified atom stereocenters. The zero-order valence-electron chi connectivity index (χ0n) is 10.6. The summed E-state index contributed by atoms with van der Waals surface area (Å²) < 4.78 is 0. The fraction of sp³-hybridized carbons (Fsp3) is 0.308. The van der Waals surface area contributed by atoms with Crippen molar-refractivity contribution in [2.45, 2.75) is 19.4 Å². The van der Waals surface area contributed by atoms with Crippen molar-refractivity contribution >= 4 is 5.91 Å². The summed E-state index contributed by atoms with van der Waals surface area (Å²) in [6, 6.07) is 7.74. The largest absolute Gasteiger partial charge is 0.355 e. The first-order chi connectivity index (χ1) is 9.28. The molecule has 0 fully saturated rings. The number of rotatable bonds is 6. The van der Waals surface area contributed by atoms with Crippen LogP contribution < -0.4 is 11.1 Å². The highest BCUT2D eigenvalue weighted by Gasteiger charge is 2.03. The van der Waals surface area contributed by atoms with E-state index < -0.39 is 0 Å². The summed E-state index contributed by atoms with van der Waals surface area (Å²) in [5.74, 6) is 0.771. The van der Waals surface area contributed by atoms with Crippen molar-refractivity contribution in [2.24, 2.45) is 5.73 Å². The lowest BCUT2D eigenvalue weighted by molar-refractivity contribution is -0.120. The molecule has 6 nitrogen and oxygen atoms in total. The molecule has 0 bridgehead atoms. The Morgan fingerprint density at radius 2 is 2.00 bits per heavy atom. The molecule has 1 heterocycles. The highest BCUT2D eigenvalue weighted by molar-refractivity contribution is 5.78. The molecule has 0 aliphatic heterocycles. The topological polar surface area (TPSA) is 96.7 Å². The van der Waals surface area contributed by atoms with Gasteiger partial charge in [0.25, 0.3) is 0 Å². The highest BCUT2D eigenvalue weighted by atomic mass is 16.1. The number of H-pyrrole nitrogens is 1. The molecule has 0 spiro atoms. The van der Waals surface area contributed by atoms with Crippen LogP contribution in [0.2, 0.25) is 0 Å². The van der Waals surface area contributed by atoms with Crippen LogP contribution in [0, 0.1) is 0 Å². The number of carbonyl (C=O) groups excluding carboxylic acids is 1. The standard InChI is InChI=1S/C13H17N5O/c14-8-11-3-1-10(2-4-11)7-13(19)15-6-5-12-16-9-17-18-12/h1-4,9H,5-8,14H2,(H,15,19)(H,16,17,18). The molecule has 1 amide bonds. The first-order valence-corrected chi connectivity index (χ1v) is 6.17. The van der Waals surface area contributed by atoms with Gasteiger partial charge in [0.15, 0.2) is 0 Å². The SMILES string of the molecule is NCc1ccc(CC(=O)NCCc2ncn[nH]2)cc1. The molecule has 2 aromatic rings. The molecule has 0 aliphatic rings. The molecule has 6 heteroatoms. The summed E-state index contributed by atoms with van der Waals surface area (Å²) >= 11 is 0. The second kappa shape index (κ2) is 6.65. The first kappa shape index (κ1) is 13.2. The van der Waals surface area contributed by atoms with Crippen LogP contribution in [0.15, 0.2) is 30.6 Å². The average molecular weight is 259 g/mol. The Balaban J connectivity index is 1.74. The molecule has 4 N–H and O–H groups in total. The Kier molecular flexibility index (Phi) is 4.63. The van der Waals surface area contributed by atoms with Gasteiger partial charge in [-0.2, -0.15) is 5.10 Å². The third-order valence-electron chi connectivity index (χ3n) is 2.77. The van der Waals surface area contributed by atoms with Gasteiger partial charge in [0.05, 0.1) is 6.42 Å². The minimum atomic E-state index is 0.0000128. The molecule has 2 rings (SSSR count). The van der Waals surface area contributed by atoms with E-state index >= 15 is 0 Å². The number of aromatic nitrogens is 3. The Morgan fingerprint density at radius 3 is 2.63 bits per heavy atom. The van der Waals surface area contributed by atoms with E-state index in [0.29, 0.717) is 25.9 Å². The second-order valence-electron chi connectivity index (χ2n) is 4.23. The van der Waals surface area contributed by atoms with Crippen molar-refractivity contribution in [2.75, 3.05) is 6.54 Å². The minimum absolute atomic E-state index is 0.0000128. The molecule has 1 aromatic carbocycles. The van der Waals surface area contributed by atoms with Crippen molar-refractivity contribution in [3.63, 3.8) is 0 Å². The molecule has 1 aromatic heterocycles. The van der Waals surface area contributed by atoms with Crippen LogP contribution in [0.25, 0.3) is 0 Å². The summed E-state index contributed by atoms with van der Waals surface area (Å²) in [4.78, 5) is 15.7. The fourth-order valence-corrected chi connectivity index (χ4v) is 1.71. The molecule has 0 radical (unpaired) electrons. The monoisotopic (exact) mass is 259 g/mol. The van der Waals surface area contributed by atoms with Gasteiger partial charge in [0.1, 0.15) is 12.2 Å². The number of hydrogen-bond donors (Lipinski definition) is 3. The number of nitrogens with one attached hydrogen (secondary N) is 2. The second-order valence-corrected chi connectivity index (χ2v) is 4.23. The lowest BCUT2D eigenvalue weighted by atomic mass is 10.1. The number of carbonyl (C=O) groups is 1. The summed E-state index contributed by atoms with van der Waals surface area (Å²) in [7, 11) is 0. The molecule has 100 valence electrons. The van der Waals surface area contributed by atoms with Crippen molar-refractivity contribution in [1.29, 1.82) is 0 Å². The van der Waals surface area contributed by atoms with Crippen LogP contribution >= 0.6 is 0 Å². The molecular formula is C13H17N5O. The molecular weight excluding hydrogens is 242 g/mol. The lowest BCUT2D eigenvalue weighted by Gasteiger charge is -2.05. The number of nitrogens with two attached hydrogens (primary N) is 1. The maximum atomic E-state index is 11.7. The van der Waals surface area contributed by atoms with Crippen LogP contribution in [0.4, 0.5) is 0 Å².